The zero-order valence-corrected chi connectivity index (χ0v) is 40.2. The predicted molar refractivity (Wildman–Crippen MR) is 252 cm³/mol. The fourth-order valence-corrected chi connectivity index (χ4v) is 8.04. The molecule has 0 bridgehead atoms. The van der Waals surface area contributed by atoms with Crippen molar-refractivity contribution in [3.63, 3.8) is 0 Å². The first-order chi connectivity index (χ1) is 28.9. The summed E-state index contributed by atoms with van der Waals surface area (Å²) >= 11 is 0. The standard InChI is InChI=1S/C53H102O6/c1-5-7-9-11-12-13-14-15-20-24-27-30-33-37-41-45-52(55)58-48-50(47-57-51(54)44-40-35-10-8-6-2)59-53(56)46-42-38-34-31-28-25-22-19-17-16-18-21-23-26-29-32-36-39-43-49(3)4/h49-50H,5-48H2,1-4H3/t50-/m1/s1. The summed E-state index contributed by atoms with van der Waals surface area (Å²) in [5, 5.41) is 0. The first-order valence-corrected chi connectivity index (χ1v) is 26.4. The van der Waals surface area contributed by atoms with E-state index in [-0.39, 0.29) is 31.1 Å². The van der Waals surface area contributed by atoms with Gasteiger partial charge in [0.2, 0.25) is 0 Å². The molecule has 0 aliphatic carbocycles. The highest BCUT2D eigenvalue weighted by atomic mass is 16.6. The maximum absolute atomic E-state index is 12.7. The Morgan fingerprint density at radius 2 is 0.559 bits per heavy atom. The van der Waals surface area contributed by atoms with Gasteiger partial charge in [-0.05, 0) is 25.2 Å². The molecule has 0 rings (SSSR count). The first kappa shape index (κ1) is 57.4. The fourth-order valence-electron chi connectivity index (χ4n) is 8.04. The fraction of sp³-hybridized carbons (Fsp3) is 0.943. The van der Waals surface area contributed by atoms with Gasteiger partial charge in [-0.1, -0.05) is 259 Å². The predicted octanol–water partition coefficient (Wildman–Crippen LogP) is 17.1. The third-order valence-corrected chi connectivity index (χ3v) is 12.0. The van der Waals surface area contributed by atoms with Gasteiger partial charge in [0.25, 0.3) is 0 Å². The van der Waals surface area contributed by atoms with Gasteiger partial charge in [0.1, 0.15) is 13.2 Å². The Bertz CT molecular complexity index is 887. The van der Waals surface area contributed by atoms with Gasteiger partial charge in [-0.15, -0.1) is 0 Å². The Kier molecular flexibility index (Phi) is 46.2. The van der Waals surface area contributed by atoms with Crippen molar-refractivity contribution in [1.29, 1.82) is 0 Å². The van der Waals surface area contributed by atoms with E-state index in [1.54, 1.807) is 0 Å². The van der Waals surface area contributed by atoms with Crippen molar-refractivity contribution in [3.05, 3.63) is 0 Å². The number of carbonyl (C=O) groups is 3. The molecular formula is C53H102O6. The zero-order valence-electron chi connectivity index (χ0n) is 40.2. The molecule has 0 aromatic rings. The SMILES string of the molecule is CCCCCCCCCCCCCCCCCC(=O)OC[C@@H](COC(=O)CCCCCCC)OC(=O)CCCCCCCCCCCCCCCCCCCCC(C)C. The van der Waals surface area contributed by atoms with E-state index in [9.17, 15) is 14.4 Å². The lowest BCUT2D eigenvalue weighted by atomic mass is 10.0. The van der Waals surface area contributed by atoms with E-state index in [1.165, 1.54) is 186 Å². The maximum Gasteiger partial charge on any atom is 0.306 e. The highest BCUT2D eigenvalue weighted by Crippen LogP contribution is 2.17. The van der Waals surface area contributed by atoms with E-state index in [0.717, 1.165) is 70.1 Å². The largest absolute Gasteiger partial charge is 0.462 e. The summed E-state index contributed by atoms with van der Waals surface area (Å²) in [7, 11) is 0. The molecule has 350 valence electrons. The van der Waals surface area contributed by atoms with Crippen LogP contribution in [0.25, 0.3) is 0 Å². The van der Waals surface area contributed by atoms with Crippen molar-refractivity contribution in [1.82, 2.24) is 0 Å². The van der Waals surface area contributed by atoms with Gasteiger partial charge < -0.3 is 14.2 Å². The van der Waals surface area contributed by atoms with Crippen molar-refractivity contribution < 1.29 is 28.6 Å². The van der Waals surface area contributed by atoms with Gasteiger partial charge in [0.15, 0.2) is 6.10 Å². The maximum atomic E-state index is 12.7. The van der Waals surface area contributed by atoms with Gasteiger partial charge in [-0.2, -0.15) is 0 Å². The molecule has 0 aliphatic heterocycles. The van der Waals surface area contributed by atoms with Crippen LogP contribution in [0.2, 0.25) is 0 Å². The van der Waals surface area contributed by atoms with Crippen LogP contribution in [0.1, 0.15) is 297 Å². The Morgan fingerprint density at radius 1 is 0.322 bits per heavy atom. The molecule has 0 aromatic carbocycles. The lowest BCUT2D eigenvalue weighted by molar-refractivity contribution is -0.167. The number of rotatable bonds is 48. The number of hydrogen-bond acceptors (Lipinski definition) is 6. The average Bonchev–Trinajstić information content (AvgIpc) is 3.22. The van der Waals surface area contributed by atoms with Crippen LogP contribution in [0.4, 0.5) is 0 Å². The molecule has 1 atom stereocenters. The quantitative estimate of drug-likeness (QED) is 0.0345. The number of unbranched alkanes of at least 4 members (excludes halogenated alkanes) is 35. The smallest absolute Gasteiger partial charge is 0.306 e. The van der Waals surface area contributed by atoms with Crippen LogP contribution >= 0.6 is 0 Å². The zero-order chi connectivity index (χ0) is 43.1. The Labute approximate surface area is 368 Å². The number of ether oxygens (including phenoxy) is 3. The monoisotopic (exact) mass is 835 g/mol. The van der Waals surface area contributed by atoms with E-state index in [4.69, 9.17) is 14.2 Å². The number of esters is 3. The molecular weight excluding hydrogens is 733 g/mol. The van der Waals surface area contributed by atoms with E-state index >= 15 is 0 Å². The normalized spacial score (nSPS) is 11.9. The Hall–Kier alpha value is -1.59. The van der Waals surface area contributed by atoms with Gasteiger partial charge in [-0.3, -0.25) is 14.4 Å². The van der Waals surface area contributed by atoms with Crippen molar-refractivity contribution in [3.8, 4) is 0 Å². The van der Waals surface area contributed by atoms with Crippen LogP contribution < -0.4 is 0 Å². The molecule has 0 saturated heterocycles. The second-order valence-corrected chi connectivity index (χ2v) is 18.6. The summed E-state index contributed by atoms with van der Waals surface area (Å²) < 4.78 is 16.7. The molecule has 59 heavy (non-hydrogen) atoms. The van der Waals surface area contributed by atoms with Crippen LogP contribution in [0, 0.1) is 5.92 Å². The van der Waals surface area contributed by atoms with Gasteiger partial charge in [-0.25, -0.2) is 0 Å². The summed E-state index contributed by atoms with van der Waals surface area (Å²) in [6.07, 6.45) is 49.8. The van der Waals surface area contributed by atoms with Crippen molar-refractivity contribution in [2.24, 2.45) is 5.92 Å². The molecule has 0 fully saturated rings. The second-order valence-electron chi connectivity index (χ2n) is 18.6. The number of hydrogen-bond donors (Lipinski definition) is 0. The molecule has 0 heterocycles. The minimum atomic E-state index is -0.759. The molecule has 0 spiro atoms. The molecule has 6 nitrogen and oxygen atoms in total. The van der Waals surface area contributed by atoms with E-state index in [1.807, 2.05) is 0 Å². The summed E-state index contributed by atoms with van der Waals surface area (Å²) in [6.45, 7) is 8.97. The molecule has 0 radical (unpaired) electrons. The molecule has 0 N–H and O–H groups in total. The average molecular weight is 835 g/mol. The minimum Gasteiger partial charge on any atom is -0.462 e. The summed E-state index contributed by atoms with van der Waals surface area (Å²) in [6, 6.07) is 0. The highest BCUT2D eigenvalue weighted by Gasteiger charge is 2.19. The van der Waals surface area contributed by atoms with Crippen LogP contribution in [0.15, 0.2) is 0 Å². The van der Waals surface area contributed by atoms with E-state index in [2.05, 4.69) is 27.7 Å². The molecule has 0 aliphatic rings. The summed E-state index contributed by atoms with van der Waals surface area (Å²) in [4.78, 5) is 37.7. The highest BCUT2D eigenvalue weighted by molar-refractivity contribution is 5.71. The van der Waals surface area contributed by atoms with Crippen molar-refractivity contribution in [2.75, 3.05) is 13.2 Å². The summed E-state index contributed by atoms with van der Waals surface area (Å²) in [5.74, 6) is 0.000428. The van der Waals surface area contributed by atoms with Crippen molar-refractivity contribution in [2.45, 2.75) is 303 Å². The first-order valence-electron chi connectivity index (χ1n) is 26.4. The van der Waals surface area contributed by atoms with Gasteiger partial charge in [0.05, 0.1) is 0 Å². The van der Waals surface area contributed by atoms with E-state index < -0.39 is 6.10 Å². The molecule has 0 unspecified atom stereocenters. The van der Waals surface area contributed by atoms with Crippen LogP contribution in [-0.2, 0) is 28.6 Å². The van der Waals surface area contributed by atoms with Crippen LogP contribution in [-0.4, -0.2) is 37.2 Å². The summed E-state index contributed by atoms with van der Waals surface area (Å²) in [5.41, 5.74) is 0. The van der Waals surface area contributed by atoms with Crippen molar-refractivity contribution >= 4 is 17.9 Å². The lowest BCUT2D eigenvalue weighted by Gasteiger charge is -2.18. The van der Waals surface area contributed by atoms with Crippen LogP contribution in [0.3, 0.4) is 0 Å². The Morgan fingerprint density at radius 3 is 0.831 bits per heavy atom. The lowest BCUT2D eigenvalue weighted by Crippen LogP contribution is -2.30. The van der Waals surface area contributed by atoms with E-state index in [0.29, 0.717) is 19.3 Å². The molecule has 0 amide bonds. The number of carbonyl (C=O) groups excluding carboxylic acids is 3. The minimum absolute atomic E-state index is 0.0636. The topological polar surface area (TPSA) is 78.9 Å². The van der Waals surface area contributed by atoms with Gasteiger partial charge in [0, 0.05) is 19.3 Å². The molecule has 6 heteroatoms. The van der Waals surface area contributed by atoms with Crippen LogP contribution in [0.5, 0.6) is 0 Å². The molecule has 0 saturated carbocycles. The van der Waals surface area contributed by atoms with Gasteiger partial charge >= 0.3 is 17.9 Å². The third kappa shape index (κ3) is 47.3. The second kappa shape index (κ2) is 47.5. The Balaban J connectivity index is 4.07. The third-order valence-electron chi connectivity index (χ3n) is 12.0. The molecule has 0 aromatic heterocycles.